The van der Waals surface area contributed by atoms with Gasteiger partial charge in [-0.05, 0) is 43.9 Å². The minimum atomic E-state index is -0.182. The molecule has 0 amide bonds. The van der Waals surface area contributed by atoms with Crippen molar-refractivity contribution in [2.45, 2.75) is 45.6 Å². The fourth-order valence-electron chi connectivity index (χ4n) is 2.97. The molecule has 2 aliphatic rings. The number of allylic oxidation sites excluding steroid dienone is 2. The minimum Gasteiger partial charge on any atom is -0.393 e. The Morgan fingerprint density at radius 2 is 2.21 bits per heavy atom. The van der Waals surface area contributed by atoms with E-state index in [2.05, 4.69) is 26.5 Å². The second kappa shape index (κ2) is 3.23. The number of aliphatic hydroxyl groups is 1. The Bertz CT molecular complexity index is 290. The molecule has 1 nitrogen and oxygen atoms in total. The summed E-state index contributed by atoms with van der Waals surface area (Å²) in [7, 11) is 0. The van der Waals surface area contributed by atoms with Crippen LogP contribution in [0, 0.1) is 11.3 Å². The molecule has 1 N–H and O–H groups in total. The maximum Gasteiger partial charge on any atom is 0.0585 e. The van der Waals surface area contributed by atoms with Gasteiger partial charge in [0, 0.05) is 0 Å². The van der Waals surface area contributed by atoms with Crippen molar-refractivity contribution in [3.05, 3.63) is 23.8 Å². The Morgan fingerprint density at radius 1 is 1.50 bits per heavy atom. The van der Waals surface area contributed by atoms with E-state index in [4.69, 9.17) is 0 Å². The molecule has 2 aliphatic carbocycles. The molecule has 3 unspecified atom stereocenters. The van der Waals surface area contributed by atoms with Crippen molar-refractivity contribution in [2.24, 2.45) is 11.3 Å². The van der Waals surface area contributed by atoms with E-state index in [1.54, 1.807) is 0 Å². The lowest BCUT2D eigenvalue weighted by atomic mass is 9.69. The van der Waals surface area contributed by atoms with Crippen LogP contribution in [0.4, 0.5) is 0 Å². The summed E-state index contributed by atoms with van der Waals surface area (Å²) >= 11 is 0. The van der Waals surface area contributed by atoms with Crippen LogP contribution in [-0.2, 0) is 0 Å². The summed E-state index contributed by atoms with van der Waals surface area (Å²) in [6.07, 6.45) is 6.20. The van der Waals surface area contributed by atoms with Crippen LogP contribution in [0.25, 0.3) is 0 Å². The van der Waals surface area contributed by atoms with Crippen LogP contribution < -0.4 is 0 Å². The van der Waals surface area contributed by atoms with Crippen LogP contribution in [0.1, 0.15) is 39.5 Å². The molecule has 0 radical (unpaired) electrons. The zero-order valence-electron chi connectivity index (χ0n) is 9.21. The Balaban J connectivity index is 2.34. The summed E-state index contributed by atoms with van der Waals surface area (Å²) in [6, 6.07) is 0. The van der Waals surface area contributed by atoms with Gasteiger partial charge in [-0.1, -0.05) is 30.7 Å². The highest BCUT2D eigenvalue weighted by atomic mass is 16.3. The first kappa shape index (κ1) is 9.97. The van der Waals surface area contributed by atoms with Gasteiger partial charge in [0.15, 0.2) is 0 Å². The van der Waals surface area contributed by atoms with Gasteiger partial charge in [0.05, 0.1) is 6.10 Å². The molecule has 1 saturated carbocycles. The molecule has 2 bridgehead atoms. The van der Waals surface area contributed by atoms with Gasteiger partial charge >= 0.3 is 0 Å². The highest BCUT2D eigenvalue weighted by molar-refractivity contribution is 5.22. The smallest absolute Gasteiger partial charge is 0.0585 e. The Kier molecular flexibility index (Phi) is 2.30. The van der Waals surface area contributed by atoms with Gasteiger partial charge in [0.25, 0.3) is 0 Å². The molecule has 0 aromatic heterocycles. The zero-order valence-corrected chi connectivity index (χ0v) is 9.21. The third-order valence-electron chi connectivity index (χ3n) is 4.12. The first-order chi connectivity index (χ1) is 6.51. The van der Waals surface area contributed by atoms with Crippen molar-refractivity contribution in [3.63, 3.8) is 0 Å². The SMILES string of the molecule is C=C1CC(O)CC2(C)CC1CC=C2C. The van der Waals surface area contributed by atoms with E-state index in [0.29, 0.717) is 5.92 Å². The summed E-state index contributed by atoms with van der Waals surface area (Å²) < 4.78 is 0. The molecule has 0 spiro atoms. The number of hydrogen-bond acceptors (Lipinski definition) is 1. The van der Waals surface area contributed by atoms with Crippen LogP contribution in [-0.4, -0.2) is 11.2 Å². The molecule has 1 heteroatoms. The second-order valence-electron chi connectivity index (χ2n) is 5.30. The van der Waals surface area contributed by atoms with Gasteiger partial charge in [-0.3, -0.25) is 0 Å². The van der Waals surface area contributed by atoms with Gasteiger partial charge in [-0.25, -0.2) is 0 Å². The van der Waals surface area contributed by atoms with E-state index in [1.165, 1.54) is 17.6 Å². The molecule has 2 rings (SSSR count). The highest BCUT2D eigenvalue weighted by Gasteiger charge is 2.38. The maximum absolute atomic E-state index is 9.90. The molecule has 0 aromatic carbocycles. The van der Waals surface area contributed by atoms with Crippen molar-refractivity contribution >= 4 is 0 Å². The molecule has 0 saturated heterocycles. The fourth-order valence-corrected chi connectivity index (χ4v) is 2.97. The molecule has 0 aromatic rings. The van der Waals surface area contributed by atoms with E-state index in [1.807, 2.05) is 0 Å². The third-order valence-corrected chi connectivity index (χ3v) is 4.12. The Hall–Kier alpha value is -0.560. The van der Waals surface area contributed by atoms with Crippen LogP contribution >= 0.6 is 0 Å². The van der Waals surface area contributed by atoms with Crippen molar-refractivity contribution in [1.29, 1.82) is 0 Å². The zero-order chi connectivity index (χ0) is 10.3. The average Bonchev–Trinajstić information content (AvgIpc) is 2.17. The molecular weight excluding hydrogens is 172 g/mol. The average molecular weight is 192 g/mol. The summed E-state index contributed by atoms with van der Waals surface area (Å²) in [6.45, 7) is 8.60. The lowest BCUT2D eigenvalue weighted by molar-refractivity contribution is 0.125. The van der Waals surface area contributed by atoms with E-state index >= 15 is 0 Å². The van der Waals surface area contributed by atoms with Gasteiger partial charge in [0.2, 0.25) is 0 Å². The molecule has 1 fully saturated rings. The predicted octanol–water partition coefficient (Wildman–Crippen LogP) is 3.06. The topological polar surface area (TPSA) is 20.2 Å². The fraction of sp³-hybridized carbons (Fsp3) is 0.692. The second-order valence-corrected chi connectivity index (χ2v) is 5.30. The highest BCUT2D eigenvalue weighted by Crippen LogP contribution is 2.48. The van der Waals surface area contributed by atoms with Crippen molar-refractivity contribution in [1.82, 2.24) is 0 Å². The largest absolute Gasteiger partial charge is 0.393 e. The van der Waals surface area contributed by atoms with E-state index < -0.39 is 0 Å². The van der Waals surface area contributed by atoms with Crippen molar-refractivity contribution in [2.75, 3.05) is 0 Å². The van der Waals surface area contributed by atoms with Crippen LogP contribution in [0.15, 0.2) is 23.8 Å². The summed E-state index contributed by atoms with van der Waals surface area (Å²) in [5.41, 5.74) is 2.94. The van der Waals surface area contributed by atoms with Crippen molar-refractivity contribution in [3.8, 4) is 0 Å². The van der Waals surface area contributed by atoms with Gasteiger partial charge in [0.1, 0.15) is 0 Å². The first-order valence-electron chi connectivity index (χ1n) is 5.54. The molecule has 0 aliphatic heterocycles. The minimum absolute atomic E-state index is 0.182. The molecule has 3 atom stereocenters. The standard InChI is InChI=1S/C13H20O/c1-9-6-12(14)8-13(3)7-11(9)5-4-10(13)2/h4,11-12,14H,1,5-8H2,2-3H3. The Morgan fingerprint density at radius 3 is 2.93 bits per heavy atom. The Labute approximate surface area is 86.5 Å². The van der Waals surface area contributed by atoms with E-state index in [-0.39, 0.29) is 11.5 Å². The van der Waals surface area contributed by atoms with Gasteiger partial charge in [-0.15, -0.1) is 0 Å². The summed E-state index contributed by atoms with van der Waals surface area (Å²) in [4.78, 5) is 0. The molecular formula is C13H20O. The summed E-state index contributed by atoms with van der Waals surface area (Å²) in [5.74, 6) is 0.612. The third kappa shape index (κ3) is 1.54. The van der Waals surface area contributed by atoms with E-state index in [9.17, 15) is 5.11 Å². The van der Waals surface area contributed by atoms with Crippen molar-refractivity contribution < 1.29 is 5.11 Å². The number of hydrogen-bond donors (Lipinski definition) is 1. The normalized spacial score (nSPS) is 43.1. The molecule has 78 valence electrons. The number of rotatable bonds is 0. The summed E-state index contributed by atoms with van der Waals surface area (Å²) in [5, 5.41) is 9.90. The molecule has 0 heterocycles. The van der Waals surface area contributed by atoms with Crippen LogP contribution in [0.3, 0.4) is 0 Å². The predicted molar refractivity (Wildman–Crippen MR) is 59.0 cm³/mol. The monoisotopic (exact) mass is 192 g/mol. The van der Waals surface area contributed by atoms with Crippen LogP contribution in [0.2, 0.25) is 0 Å². The lowest BCUT2D eigenvalue weighted by Gasteiger charge is -2.36. The molecule has 14 heavy (non-hydrogen) atoms. The van der Waals surface area contributed by atoms with Gasteiger partial charge < -0.3 is 5.11 Å². The van der Waals surface area contributed by atoms with E-state index in [0.717, 1.165) is 19.3 Å². The quantitative estimate of drug-likeness (QED) is 0.585. The maximum atomic E-state index is 9.90. The number of aliphatic hydroxyl groups excluding tert-OH is 1. The van der Waals surface area contributed by atoms with Crippen LogP contribution in [0.5, 0.6) is 0 Å². The lowest BCUT2D eigenvalue weighted by Crippen LogP contribution is -2.26. The number of fused-ring (bicyclic) bond motifs is 2. The van der Waals surface area contributed by atoms with Gasteiger partial charge in [-0.2, -0.15) is 0 Å². The first-order valence-corrected chi connectivity index (χ1v) is 5.54.